The Bertz CT molecular complexity index is 801. The summed E-state index contributed by atoms with van der Waals surface area (Å²) >= 11 is 0. The van der Waals surface area contributed by atoms with E-state index in [0.717, 1.165) is 25.0 Å². The molecule has 1 aliphatic carbocycles. The second kappa shape index (κ2) is 6.60. The Morgan fingerprint density at radius 1 is 1.08 bits per heavy atom. The number of rotatable bonds is 4. The van der Waals surface area contributed by atoms with Crippen molar-refractivity contribution >= 4 is 5.91 Å². The first-order valence-corrected chi connectivity index (χ1v) is 7.86. The molecule has 1 fully saturated rings. The Morgan fingerprint density at radius 2 is 1.68 bits per heavy atom. The lowest BCUT2D eigenvalue weighted by atomic mass is 10.1. The fourth-order valence-electron chi connectivity index (χ4n) is 2.60. The van der Waals surface area contributed by atoms with Crippen LogP contribution in [0.2, 0.25) is 0 Å². The number of hydrogen-bond acceptors (Lipinski definition) is 2. The zero-order chi connectivity index (χ0) is 18.0. The van der Waals surface area contributed by atoms with Gasteiger partial charge < -0.3 is 4.90 Å². The molecule has 0 radical (unpaired) electrons. The highest BCUT2D eigenvalue weighted by molar-refractivity contribution is 5.94. The average Bonchev–Trinajstić information content (AvgIpc) is 3.44. The highest BCUT2D eigenvalue weighted by Gasteiger charge is 2.34. The summed E-state index contributed by atoms with van der Waals surface area (Å²) in [6, 6.07) is 13.4. The topological polar surface area (TPSA) is 44.1 Å². The Labute approximate surface area is 143 Å². The van der Waals surface area contributed by atoms with Crippen LogP contribution in [0, 0.1) is 11.3 Å². The average molecular weight is 344 g/mol. The predicted molar refractivity (Wildman–Crippen MR) is 85.5 cm³/mol. The van der Waals surface area contributed by atoms with Crippen LogP contribution < -0.4 is 0 Å². The summed E-state index contributed by atoms with van der Waals surface area (Å²) in [6.45, 7) is 0.266. The number of halogens is 3. The molecule has 1 aliphatic rings. The second-order valence-corrected chi connectivity index (χ2v) is 6.05. The summed E-state index contributed by atoms with van der Waals surface area (Å²) in [4.78, 5) is 14.4. The van der Waals surface area contributed by atoms with Crippen LogP contribution in [0.3, 0.4) is 0 Å². The van der Waals surface area contributed by atoms with Crippen molar-refractivity contribution in [1.29, 1.82) is 5.26 Å². The largest absolute Gasteiger partial charge is 0.416 e. The van der Waals surface area contributed by atoms with Crippen molar-refractivity contribution in [2.75, 3.05) is 0 Å². The van der Waals surface area contributed by atoms with Crippen molar-refractivity contribution in [2.24, 2.45) is 0 Å². The van der Waals surface area contributed by atoms with Gasteiger partial charge in [-0.1, -0.05) is 12.1 Å². The minimum Gasteiger partial charge on any atom is -0.331 e. The van der Waals surface area contributed by atoms with Gasteiger partial charge in [-0.05, 0) is 54.8 Å². The Kier molecular flexibility index (Phi) is 4.49. The van der Waals surface area contributed by atoms with E-state index in [4.69, 9.17) is 5.26 Å². The number of alkyl halides is 3. The number of hydrogen-bond donors (Lipinski definition) is 0. The van der Waals surface area contributed by atoms with Gasteiger partial charge in [-0.2, -0.15) is 18.4 Å². The predicted octanol–water partition coefficient (Wildman–Crippen LogP) is 4.38. The molecule has 2 aromatic carbocycles. The fraction of sp³-hybridized carbons (Fsp3) is 0.263. The van der Waals surface area contributed by atoms with Crippen LogP contribution in [0.15, 0.2) is 48.5 Å². The molecule has 0 aromatic heterocycles. The van der Waals surface area contributed by atoms with Crippen LogP contribution >= 0.6 is 0 Å². The van der Waals surface area contributed by atoms with Gasteiger partial charge in [0, 0.05) is 18.2 Å². The second-order valence-electron chi connectivity index (χ2n) is 6.05. The van der Waals surface area contributed by atoms with Crippen LogP contribution in [0.4, 0.5) is 13.2 Å². The number of nitrogens with zero attached hydrogens (tertiary/aromatic N) is 2. The van der Waals surface area contributed by atoms with Gasteiger partial charge in [0.15, 0.2) is 0 Å². The molecule has 0 saturated heterocycles. The normalized spacial score (nSPS) is 14.0. The van der Waals surface area contributed by atoms with Gasteiger partial charge in [-0.15, -0.1) is 0 Å². The Morgan fingerprint density at radius 3 is 2.16 bits per heavy atom. The monoisotopic (exact) mass is 344 g/mol. The van der Waals surface area contributed by atoms with Gasteiger partial charge in [0.1, 0.15) is 0 Å². The maximum absolute atomic E-state index is 12.7. The standard InChI is InChI=1S/C19H15F3N2O/c20-19(21,22)16-7-3-14(4-8-16)12-24(17-9-10-17)18(25)15-5-1-13(11-23)2-6-15/h1-8,17H,9-10,12H2. The number of benzene rings is 2. The Balaban J connectivity index is 1.77. The quantitative estimate of drug-likeness (QED) is 0.826. The molecule has 3 nitrogen and oxygen atoms in total. The Hall–Kier alpha value is -2.81. The van der Waals surface area contributed by atoms with Gasteiger partial charge >= 0.3 is 6.18 Å². The van der Waals surface area contributed by atoms with Gasteiger partial charge in [-0.3, -0.25) is 4.79 Å². The molecule has 0 spiro atoms. The van der Waals surface area contributed by atoms with Crippen molar-refractivity contribution in [3.8, 4) is 6.07 Å². The van der Waals surface area contributed by atoms with Crippen LogP contribution in [-0.2, 0) is 12.7 Å². The molecule has 0 atom stereocenters. The zero-order valence-electron chi connectivity index (χ0n) is 13.3. The molecule has 3 rings (SSSR count). The summed E-state index contributed by atoms with van der Waals surface area (Å²) in [5.41, 5.74) is 0.893. The molecule has 0 bridgehead atoms. The van der Waals surface area contributed by atoms with E-state index < -0.39 is 11.7 Å². The molecule has 0 unspecified atom stereocenters. The zero-order valence-corrected chi connectivity index (χ0v) is 13.3. The van der Waals surface area contributed by atoms with E-state index in [1.54, 1.807) is 29.2 Å². The van der Waals surface area contributed by atoms with Crippen LogP contribution in [0.1, 0.15) is 39.9 Å². The lowest BCUT2D eigenvalue weighted by molar-refractivity contribution is -0.137. The van der Waals surface area contributed by atoms with Gasteiger partial charge in [0.05, 0.1) is 17.2 Å². The number of carbonyl (C=O) groups is 1. The molecule has 25 heavy (non-hydrogen) atoms. The highest BCUT2D eigenvalue weighted by Crippen LogP contribution is 2.32. The third-order valence-electron chi connectivity index (χ3n) is 4.14. The minimum absolute atomic E-state index is 0.116. The lowest BCUT2D eigenvalue weighted by Gasteiger charge is -2.23. The molecular weight excluding hydrogens is 329 g/mol. The molecule has 6 heteroatoms. The molecule has 0 N–H and O–H groups in total. The van der Waals surface area contributed by atoms with Crippen LogP contribution in [0.5, 0.6) is 0 Å². The maximum atomic E-state index is 12.7. The summed E-state index contributed by atoms with van der Waals surface area (Å²) in [7, 11) is 0. The fourth-order valence-corrected chi connectivity index (χ4v) is 2.60. The highest BCUT2D eigenvalue weighted by atomic mass is 19.4. The van der Waals surface area contributed by atoms with Crippen LogP contribution in [-0.4, -0.2) is 16.8 Å². The SMILES string of the molecule is N#Cc1ccc(C(=O)N(Cc2ccc(C(F)(F)F)cc2)C2CC2)cc1. The van der Waals surface area contributed by atoms with E-state index >= 15 is 0 Å². The van der Waals surface area contributed by atoms with Crippen LogP contribution in [0.25, 0.3) is 0 Å². The summed E-state index contributed by atoms with van der Waals surface area (Å²) in [5.74, 6) is -0.174. The smallest absolute Gasteiger partial charge is 0.331 e. The van der Waals surface area contributed by atoms with E-state index in [1.807, 2.05) is 6.07 Å². The molecule has 0 aliphatic heterocycles. The van der Waals surface area contributed by atoms with E-state index in [1.165, 1.54) is 12.1 Å². The first-order valence-electron chi connectivity index (χ1n) is 7.86. The number of nitriles is 1. The molecule has 2 aromatic rings. The van der Waals surface area contributed by atoms with E-state index in [0.29, 0.717) is 16.7 Å². The van der Waals surface area contributed by atoms with Crippen molar-refractivity contribution in [3.63, 3.8) is 0 Å². The summed E-state index contributed by atoms with van der Waals surface area (Å²) in [6.07, 6.45) is -2.58. The number of carbonyl (C=O) groups excluding carboxylic acids is 1. The third kappa shape index (κ3) is 4.00. The van der Waals surface area contributed by atoms with Crippen molar-refractivity contribution in [3.05, 3.63) is 70.8 Å². The van der Waals surface area contributed by atoms with Crippen molar-refractivity contribution in [1.82, 2.24) is 4.90 Å². The lowest BCUT2D eigenvalue weighted by Crippen LogP contribution is -2.32. The summed E-state index contributed by atoms with van der Waals surface area (Å²) < 4.78 is 37.9. The molecular formula is C19H15F3N2O. The molecule has 1 amide bonds. The first kappa shape index (κ1) is 17.0. The van der Waals surface area contributed by atoms with Gasteiger partial charge in [-0.25, -0.2) is 0 Å². The van der Waals surface area contributed by atoms with Crippen molar-refractivity contribution < 1.29 is 18.0 Å². The van der Waals surface area contributed by atoms with E-state index in [9.17, 15) is 18.0 Å². The molecule has 128 valence electrons. The summed E-state index contributed by atoms with van der Waals surface area (Å²) in [5, 5.41) is 8.82. The number of amides is 1. The molecule has 1 saturated carbocycles. The minimum atomic E-state index is -4.37. The third-order valence-corrected chi connectivity index (χ3v) is 4.14. The van der Waals surface area contributed by atoms with Gasteiger partial charge in [0.2, 0.25) is 0 Å². The van der Waals surface area contributed by atoms with E-state index in [-0.39, 0.29) is 18.5 Å². The molecule has 0 heterocycles. The van der Waals surface area contributed by atoms with Crippen molar-refractivity contribution in [2.45, 2.75) is 31.6 Å². The van der Waals surface area contributed by atoms with E-state index in [2.05, 4.69) is 0 Å². The van der Waals surface area contributed by atoms with Gasteiger partial charge in [0.25, 0.3) is 5.91 Å². The maximum Gasteiger partial charge on any atom is 0.416 e. The first-order chi connectivity index (χ1) is 11.9.